The number of hydrogen-bond acceptors (Lipinski definition) is 3. The van der Waals surface area contributed by atoms with Gasteiger partial charge in [0.25, 0.3) is 5.91 Å². The summed E-state index contributed by atoms with van der Waals surface area (Å²) in [4.78, 5) is 24.9. The van der Waals surface area contributed by atoms with Crippen molar-refractivity contribution in [1.82, 2.24) is 10.6 Å². The van der Waals surface area contributed by atoms with Gasteiger partial charge in [-0.05, 0) is 68.0 Å². The zero-order valence-corrected chi connectivity index (χ0v) is 17.3. The van der Waals surface area contributed by atoms with E-state index in [1.165, 1.54) is 12.1 Å². The van der Waals surface area contributed by atoms with Crippen LogP contribution in [0.5, 0.6) is 5.75 Å². The summed E-state index contributed by atoms with van der Waals surface area (Å²) in [5.74, 6) is 0.00574. The van der Waals surface area contributed by atoms with Crippen molar-refractivity contribution < 1.29 is 18.7 Å². The lowest BCUT2D eigenvalue weighted by Gasteiger charge is -2.39. The second-order valence-electron chi connectivity index (χ2n) is 8.05. The molecule has 2 aromatic carbocycles. The van der Waals surface area contributed by atoms with Crippen molar-refractivity contribution in [3.8, 4) is 5.75 Å². The smallest absolute Gasteiger partial charge is 0.255 e. The number of ether oxygens (including phenoxy) is 1. The molecule has 5 nitrogen and oxygen atoms in total. The maximum atomic E-state index is 13.3. The summed E-state index contributed by atoms with van der Waals surface area (Å²) >= 11 is 6.02. The molecule has 1 saturated carbocycles. The Morgan fingerprint density at radius 2 is 2.03 bits per heavy atom. The summed E-state index contributed by atoms with van der Waals surface area (Å²) in [5.41, 5.74) is 0.795. The number of fused-ring (bicyclic) bond motifs is 1. The lowest BCUT2D eigenvalue weighted by atomic mass is 9.78. The molecule has 1 heterocycles. The molecule has 1 aliphatic heterocycles. The molecule has 0 bridgehead atoms. The summed E-state index contributed by atoms with van der Waals surface area (Å²) in [6.07, 6.45) is 3.32. The predicted octanol–water partition coefficient (Wildman–Crippen LogP) is 3.89. The number of nitrogens with one attached hydrogen (secondary N) is 2. The molecular weight excluding hydrogens is 407 g/mol. The van der Waals surface area contributed by atoms with Crippen LogP contribution in [0.3, 0.4) is 0 Å². The number of carbonyl (C=O) groups is 2. The first kappa shape index (κ1) is 20.7. The molecule has 0 atom stereocenters. The lowest BCUT2D eigenvalue weighted by Crippen LogP contribution is -2.49. The fourth-order valence-corrected chi connectivity index (χ4v) is 4.40. The highest BCUT2D eigenvalue weighted by molar-refractivity contribution is 6.31. The molecule has 158 valence electrons. The molecule has 2 N–H and O–H groups in total. The van der Waals surface area contributed by atoms with E-state index in [1.807, 2.05) is 6.07 Å². The number of amides is 2. The Kier molecular flexibility index (Phi) is 5.95. The summed E-state index contributed by atoms with van der Waals surface area (Å²) < 4.78 is 19.5. The van der Waals surface area contributed by atoms with E-state index in [4.69, 9.17) is 16.3 Å². The number of halogens is 2. The van der Waals surface area contributed by atoms with Crippen LogP contribution in [-0.4, -0.2) is 30.5 Å². The van der Waals surface area contributed by atoms with Crippen LogP contribution >= 0.6 is 11.6 Å². The molecule has 2 aliphatic rings. The maximum absolute atomic E-state index is 13.3. The van der Waals surface area contributed by atoms with Crippen LogP contribution in [0.4, 0.5) is 4.39 Å². The third-order valence-electron chi connectivity index (χ3n) is 5.95. The largest absolute Gasteiger partial charge is 0.485 e. The van der Waals surface area contributed by atoms with E-state index in [2.05, 4.69) is 10.6 Å². The molecule has 1 aliphatic carbocycles. The zero-order chi connectivity index (χ0) is 21.1. The first-order valence-electron chi connectivity index (χ1n) is 10.2. The summed E-state index contributed by atoms with van der Waals surface area (Å²) in [7, 11) is 0. The molecule has 2 amide bonds. The highest BCUT2D eigenvalue weighted by atomic mass is 35.5. The molecule has 0 aromatic heterocycles. The minimum Gasteiger partial charge on any atom is -0.485 e. The highest BCUT2D eigenvalue weighted by Crippen LogP contribution is 2.38. The second kappa shape index (κ2) is 8.64. The molecule has 2 aromatic rings. The van der Waals surface area contributed by atoms with Crippen molar-refractivity contribution in [2.75, 3.05) is 13.1 Å². The molecule has 4 rings (SSSR count). The Morgan fingerprint density at radius 1 is 1.23 bits per heavy atom. The van der Waals surface area contributed by atoms with E-state index in [9.17, 15) is 14.0 Å². The van der Waals surface area contributed by atoms with Gasteiger partial charge in [-0.15, -0.1) is 0 Å². The monoisotopic (exact) mass is 430 g/mol. The van der Waals surface area contributed by atoms with Crippen LogP contribution in [0.1, 0.15) is 41.6 Å². The third-order valence-corrected chi connectivity index (χ3v) is 6.19. The van der Waals surface area contributed by atoms with Gasteiger partial charge in [0.1, 0.15) is 17.2 Å². The van der Waals surface area contributed by atoms with E-state index in [0.29, 0.717) is 61.5 Å². The van der Waals surface area contributed by atoms with Gasteiger partial charge in [-0.1, -0.05) is 23.7 Å². The first-order chi connectivity index (χ1) is 14.4. The number of benzene rings is 2. The molecule has 0 unspecified atom stereocenters. The van der Waals surface area contributed by atoms with Crippen LogP contribution in [0.2, 0.25) is 5.02 Å². The normalized spacial score (nSPS) is 23.1. The lowest BCUT2D eigenvalue weighted by molar-refractivity contribution is -0.127. The molecule has 1 fully saturated rings. The fourth-order valence-electron chi connectivity index (χ4n) is 4.23. The van der Waals surface area contributed by atoms with Crippen molar-refractivity contribution in [3.63, 3.8) is 0 Å². The highest BCUT2D eigenvalue weighted by Gasteiger charge is 2.41. The van der Waals surface area contributed by atoms with E-state index in [-0.39, 0.29) is 23.5 Å². The maximum Gasteiger partial charge on any atom is 0.255 e. The van der Waals surface area contributed by atoms with Gasteiger partial charge < -0.3 is 15.4 Å². The van der Waals surface area contributed by atoms with Crippen LogP contribution < -0.4 is 15.4 Å². The average molecular weight is 431 g/mol. The molecule has 0 saturated heterocycles. The number of hydrogen-bond donors (Lipinski definition) is 2. The number of rotatable bonds is 4. The number of carbonyl (C=O) groups excluding carboxylic acids is 2. The molecular formula is C23H24ClFN2O3. The Morgan fingerprint density at radius 3 is 2.80 bits per heavy atom. The quantitative estimate of drug-likeness (QED) is 0.773. The summed E-state index contributed by atoms with van der Waals surface area (Å²) in [6.45, 7) is 0.886. The van der Waals surface area contributed by atoms with Gasteiger partial charge in [0.15, 0.2) is 0 Å². The molecule has 1 spiro atoms. The predicted molar refractivity (Wildman–Crippen MR) is 112 cm³/mol. The third kappa shape index (κ3) is 4.59. The molecule has 0 radical (unpaired) electrons. The van der Waals surface area contributed by atoms with Gasteiger partial charge >= 0.3 is 0 Å². The Labute approximate surface area is 179 Å². The van der Waals surface area contributed by atoms with Crippen LogP contribution in [0.15, 0.2) is 42.5 Å². The summed E-state index contributed by atoms with van der Waals surface area (Å²) in [5, 5.41) is 6.39. The average Bonchev–Trinajstić information content (AvgIpc) is 2.86. The van der Waals surface area contributed by atoms with Gasteiger partial charge in [0, 0.05) is 17.5 Å². The van der Waals surface area contributed by atoms with Crippen LogP contribution in [0.25, 0.3) is 0 Å². The first-order valence-corrected chi connectivity index (χ1v) is 10.6. The van der Waals surface area contributed by atoms with E-state index in [0.717, 1.165) is 5.56 Å². The molecule has 30 heavy (non-hydrogen) atoms. The second-order valence-corrected chi connectivity index (χ2v) is 8.49. The Bertz CT molecular complexity index is 957. The summed E-state index contributed by atoms with van der Waals surface area (Å²) in [6, 6.07) is 11.5. The van der Waals surface area contributed by atoms with Crippen molar-refractivity contribution in [2.24, 2.45) is 5.92 Å². The minimum absolute atomic E-state index is 0.0195. The zero-order valence-electron chi connectivity index (χ0n) is 16.5. The fraction of sp³-hybridized carbons (Fsp3) is 0.391. The molecule has 7 heteroatoms. The Hall–Kier alpha value is -2.60. The van der Waals surface area contributed by atoms with Crippen LogP contribution in [0, 0.1) is 11.7 Å². The SMILES string of the molecule is O=C1NCC2(CCC(C(=O)NCCc3cccc(F)c3)CC2)Oc2ccc(Cl)cc21. The Balaban J connectivity index is 1.32. The van der Waals surface area contributed by atoms with Gasteiger partial charge in [-0.25, -0.2) is 4.39 Å². The standard InChI is InChI=1S/C23H24ClFN2O3/c24-17-4-5-20-19(13-17)22(29)27-14-23(30-20)9-6-16(7-10-23)21(28)26-11-8-15-2-1-3-18(25)12-15/h1-5,12-13,16H,6-11,14H2,(H,26,28)(H,27,29). The van der Waals surface area contributed by atoms with E-state index >= 15 is 0 Å². The van der Waals surface area contributed by atoms with E-state index in [1.54, 1.807) is 24.3 Å². The van der Waals surface area contributed by atoms with Crippen LogP contribution in [-0.2, 0) is 11.2 Å². The minimum atomic E-state index is -0.507. The van der Waals surface area contributed by atoms with Gasteiger partial charge in [-0.2, -0.15) is 0 Å². The van der Waals surface area contributed by atoms with Gasteiger partial charge in [-0.3, -0.25) is 9.59 Å². The van der Waals surface area contributed by atoms with Crippen molar-refractivity contribution in [3.05, 3.63) is 64.4 Å². The van der Waals surface area contributed by atoms with Crippen molar-refractivity contribution in [2.45, 2.75) is 37.7 Å². The van der Waals surface area contributed by atoms with Gasteiger partial charge in [0.2, 0.25) is 5.91 Å². The van der Waals surface area contributed by atoms with E-state index < -0.39 is 5.60 Å². The topological polar surface area (TPSA) is 67.4 Å². The van der Waals surface area contributed by atoms with Crippen molar-refractivity contribution in [1.29, 1.82) is 0 Å². The van der Waals surface area contributed by atoms with Gasteiger partial charge in [0.05, 0.1) is 12.1 Å². The van der Waals surface area contributed by atoms with Crippen molar-refractivity contribution >= 4 is 23.4 Å².